The van der Waals surface area contributed by atoms with Gasteiger partial charge in [0, 0.05) is 30.8 Å². The zero-order chi connectivity index (χ0) is 25.8. The highest BCUT2D eigenvalue weighted by Gasteiger charge is 2.80. The van der Waals surface area contributed by atoms with Gasteiger partial charge in [-0.25, -0.2) is 0 Å². The zero-order valence-electron chi connectivity index (χ0n) is 23.7. The van der Waals surface area contributed by atoms with Crippen molar-refractivity contribution in [3.05, 3.63) is 0 Å². The van der Waals surface area contributed by atoms with Crippen LogP contribution in [0.5, 0.6) is 0 Å². The van der Waals surface area contributed by atoms with E-state index in [1.807, 2.05) is 0 Å². The summed E-state index contributed by atoms with van der Waals surface area (Å²) in [5.41, 5.74) is -1.07. The first-order chi connectivity index (χ1) is 16.0. The van der Waals surface area contributed by atoms with E-state index in [1.165, 1.54) is 13.3 Å². The molecule has 10 atom stereocenters. The van der Waals surface area contributed by atoms with Crippen molar-refractivity contribution < 1.29 is 23.8 Å². The Hall–Kier alpha value is -0.433. The fourth-order valence-corrected chi connectivity index (χ4v) is 11.0. The molecule has 2 bridgehead atoms. The van der Waals surface area contributed by atoms with Crippen LogP contribution < -0.4 is 0 Å². The lowest BCUT2D eigenvalue weighted by atomic mass is 9.42. The lowest BCUT2D eigenvalue weighted by molar-refractivity contribution is -0.201. The normalized spacial score (nSPS) is 49.8. The second kappa shape index (κ2) is 7.80. The highest BCUT2D eigenvalue weighted by atomic mass is 28.4. The molecule has 35 heavy (non-hydrogen) atoms. The van der Waals surface area contributed by atoms with E-state index in [4.69, 9.17) is 13.9 Å². The second-order valence-electron chi connectivity index (χ2n) is 14.9. The highest BCUT2D eigenvalue weighted by Crippen LogP contribution is 2.76. The van der Waals surface area contributed by atoms with E-state index in [0.29, 0.717) is 24.2 Å². The molecule has 2 unspecified atom stereocenters. The molecule has 2 aliphatic heterocycles. The molecule has 5 aliphatic rings. The fourth-order valence-electron chi connectivity index (χ4n) is 9.65. The average Bonchev–Trinajstić information content (AvgIpc) is 3.32. The summed E-state index contributed by atoms with van der Waals surface area (Å²) in [7, 11) is -1.90. The number of esters is 1. The Morgan fingerprint density at radius 1 is 1.09 bits per heavy atom. The first-order valence-electron chi connectivity index (χ1n) is 14.3. The number of carbonyl (C=O) groups excluding carboxylic acids is 1. The minimum atomic E-state index is -1.90. The maximum atomic E-state index is 12.4. The summed E-state index contributed by atoms with van der Waals surface area (Å²) in [6, 6.07) is 0. The maximum absolute atomic E-state index is 12.4. The van der Waals surface area contributed by atoms with Gasteiger partial charge in [-0.2, -0.15) is 0 Å². The Bertz CT molecular complexity index is 883. The van der Waals surface area contributed by atoms with Gasteiger partial charge < -0.3 is 19.0 Å². The molecule has 0 aromatic heterocycles. The smallest absolute Gasteiger partial charge is 0.302 e. The molecule has 2 heterocycles. The molecule has 1 N–H and O–H groups in total. The number of hydrogen-bond donors (Lipinski definition) is 1. The summed E-state index contributed by atoms with van der Waals surface area (Å²) in [4.78, 5) is 11.7. The standard InChI is InChI=1S/C29H50O5Si/c1-18(32-19(2)30)21-10-11-22-23-16-24-28(31)17-20(34-35(8,9)25(3,4)5)12-13-27(28,7)29(23,33-24)15-14-26(21,22)6/h18,20-24,31H,10-17H2,1-9H3/t18?,20-,21+,22-,23-,24?,26+,27-,28-,29+/m0/s1. The maximum Gasteiger partial charge on any atom is 0.302 e. The van der Waals surface area contributed by atoms with Crippen LogP contribution in [0.15, 0.2) is 0 Å². The minimum absolute atomic E-state index is 0.0356. The van der Waals surface area contributed by atoms with E-state index in [1.54, 1.807) is 0 Å². The van der Waals surface area contributed by atoms with E-state index in [9.17, 15) is 9.90 Å². The summed E-state index contributed by atoms with van der Waals surface area (Å²) in [5.74, 6) is 1.30. The highest BCUT2D eigenvalue weighted by molar-refractivity contribution is 6.74. The number of fused-ring (bicyclic) bond motifs is 5. The van der Waals surface area contributed by atoms with Gasteiger partial charge in [-0.3, -0.25) is 4.79 Å². The summed E-state index contributed by atoms with van der Waals surface area (Å²) in [6.45, 7) is 19.9. The average molecular weight is 507 g/mol. The summed E-state index contributed by atoms with van der Waals surface area (Å²) in [5, 5.41) is 12.5. The van der Waals surface area contributed by atoms with Crippen molar-refractivity contribution in [3.63, 3.8) is 0 Å². The SMILES string of the molecule is CC(=O)OC(C)[C@H]1CC[C@H]2[C@@H]3CC4O[C@@]3(CC[C@]12C)[C@@]1(C)CC[C@H](O[Si](C)(C)C(C)(C)C)C[C@]41O. The van der Waals surface area contributed by atoms with Gasteiger partial charge in [0.25, 0.3) is 0 Å². The number of ether oxygens (including phenoxy) is 2. The molecule has 0 amide bonds. The van der Waals surface area contributed by atoms with Gasteiger partial charge in [0.15, 0.2) is 8.32 Å². The van der Waals surface area contributed by atoms with Crippen LogP contribution >= 0.6 is 0 Å². The van der Waals surface area contributed by atoms with E-state index in [2.05, 4.69) is 54.6 Å². The first kappa shape index (κ1) is 26.2. The molecule has 6 heteroatoms. The van der Waals surface area contributed by atoms with Crippen molar-refractivity contribution >= 4 is 14.3 Å². The Morgan fingerprint density at radius 2 is 1.77 bits per heavy atom. The van der Waals surface area contributed by atoms with Crippen LogP contribution in [0.25, 0.3) is 0 Å². The van der Waals surface area contributed by atoms with Gasteiger partial charge in [-0.1, -0.05) is 34.6 Å². The minimum Gasteiger partial charge on any atom is -0.463 e. The van der Waals surface area contributed by atoms with E-state index in [0.717, 1.165) is 38.5 Å². The lowest BCUT2D eigenvalue weighted by Gasteiger charge is -2.63. The number of aliphatic hydroxyl groups is 1. The summed E-state index contributed by atoms with van der Waals surface area (Å²) >= 11 is 0. The molecule has 3 saturated carbocycles. The van der Waals surface area contributed by atoms with E-state index >= 15 is 0 Å². The first-order valence-corrected chi connectivity index (χ1v) is 17.2. The second-order valence-corrected chi connectivity index (χ2v) is 19.7. The van der Waals surface area contributed by atoms with Crippen LogP contribution in [0.4, 0.5) is 0 Å². The molecule has 1 spiro atoms. The number of hydrogen-bond acceptors (Lipinski definition) is 5. The molecule has 5 rings (SSSR count). The van der Waals surface area contributed by atoms with Crippen molar-refractivity contribution in [2.24, 2.45) is 28.6 Å². The predicted molar refractivity (Wildman–Crippen MR) is 139 cm³/mol. The molecule has 0 aromatic carbocycles. The molecule has 200 valence electrons. The van der Waals surface area contributed by atoms with Crippen LogP contribution in [0.3, 0.4) is 0 Å². The molecule has 3 aliphatic carbocycles. The van der Waals surface area contributed by atoms with Gasteiger partial charge in [0.2, 0.25) is 0 Å². The lowest BCUT2D eigenvalue weighted by Crippen LogP contribution is -2.68. The Balaban J connectivity index is 1.38. The molecule has 5 fully saturated rings. The van der Waals surface area contributed by atoms with Crippen LogP contribution in [0, 0.1) is 28.6 Å². The van der Waals surface area contributed by atoms with Crippen molar-refractivity contribution in [3.8, 4) is 0 Å². The molecular formula is C29H50O5Si. The quantitative estimate of drug-likeness (QED) is 0.361. The predicted octanol–water partition coefficient (Wildman–Crippen LogP) is 6.23. The third kappa shape index (κ3) is 3.37. The molecule has 2 saturated heterocycles. The van der Waals surface area contributed by atoms with Gasteiger partial charge in [0.1, 0.15) is 11.7 Å². The topological polar surface area (TPSA) is 65.0 Å². The van der Waals surface area contributed by atoms with Crippen molar-refractivity contribution in [1.82, 2.24) is 0 Å². The van der Waals surface area contributed by atoms with Crippen LogP contribution in [-0.2, 0) is 18.7 Å². The van der Waals surface area contributed by atoms with Crippen LogP contribution in [-0.4, -0.2) is 48.9 Å². The third-order valence-corrected chi connectivity index (χ3v) is 17.1. The largest absolute Gasteiger partial charge is 0.463 e. The monoisotopic (exact) mass is 506 g/mol. The number of carbonyl (C=O) groups is 1. The van der Waals surface area contributed by atoms with Gasteiger partial charge in [-0.15, -0.1) is 0 Å². The van der Waals surface area contributed by atoms with Gasteiger partial charge in [-0.05, 0) is 87.3 Å². The summed E-state index contributed by atoms with van der Waals surface area (Å²) in [6.07, 6.45) is 8.08. The molecule has 0 radical (unpaired) electrons. The zero-order valence-corrected chi connectivity index (χ0v) is 24.7. The Kier molecular flexibility index (Phi) is 5.83. The third-order valence-electron chi connectivity index (χ3n) is 12.5. The van der Waals surface area contributed by atoms with Crippen LogP contribution in [0.2, 0.25) is 18.1 Å². The fraction of sp³-hybridized carbons (Fsp3) is 0.966. The Labute approximate surface area is 214 Å². The van der Waals surface area contributed by atoms with E-state index in [-0.39, 0.29) is 45.8 Å². The molecule has 5 nitrogen and oxygen atoms in total. The van der Waals surface area contributed by atoms with Gasteiger partial charge in [0.05, 0.1) is 11.7 Å². The van der Waals surface area contributed by atoms with Crippen molar-refractivity contribution in [2.75, 3.05) is 0 Å². The van der Waals surface area contributed by atoms with E-state index < -0.39 is 13.9 Å². The Morgan fingerprint density at radius 3 is 2.40 bits per heavy atom. The van der Waals surface area contributed by atoms with Crippen molar-refractivity contribution in [1.29, 1.82) is 0 Å². The van der Waals surface area contributed by atoms with Crippen molar-refractivity contribution in [2.45, 2.75) is 147 Å². The van der Waals surface area contributed by atoms with Crippen LogP contribution in [0.1, 0.15) is 99.8 Å². The number of rotatable bonds is 4. The molecule has 0 aromatic rings. The van der Waals surface area contributed by atoms with Gasteiger partial charge >= 0.3 is 5.97 Å². The summed E-state index contributed by atoms with van der Waals surface area (Å²) < 4.78 is 19.5. The molecular weight excluding hydrogens is 456 g/mol.